The Morgan fingerprint density at radius 3 is 2.47 bits per heavy atom. The smallest absolute Gasteiger partial charge is 0.342 e. The van der Waals surface area contributed by atoms with E-state index in [1.807, 2.05) is 43.3 Å². The van der Waals surface area contributed by atoms with Crippen LogP contribution in [0, 0.1) is 0 Å². The highest BCUT2D eigenvalue weighted by atomic mass is 16.5. The molecule has 0 radical (unpaired) electrons. The van der Waals surface area contributed by atoms with Crippen molar-refractivity contribution in [3.63, 3.8) is 0 Å². The lowest BCUT2D eigenvalue weighted by atomic mass is 10.1. The number of benzene rings is 3. The van der Waals surface area contributed by atoms with E-state index in [-0.39, 0.29) is 23.6 Å². The van der Waals surface area contributed by atoms with Crippen molar-refractivity contribution < 1.29 is 19.4 Å². The number of nitrogens with zero attached hydrogens (tertiary/aromatic N) is 2. The summed E-state index contributed by atoms with van der Waals surface area (Å²) in [5.74, 6) is 0.644. The first-order chi connectivity index (χ1) is 18.5. The van der Waals surface area contributed by atoms with Crippen LogP contribution >= 0.6 is 0 Å². The summed E-state index contributed by atoms with van der Waals surface area (Å²) in [5.41, 5.74) is 3.91. The van der Waals surface area contributed by atoms with Crippen LogP contribution in [0.3, 0.4) is 0 Å². The predicted octanol–water partition coefficient (Wildman–Crippen LogP) is 5.58. The van der Waals surface area contributed by atoms with Crippen LogP contribution < -0.4 is 15.4 Å². The summed E-state index contributed by atoms with van der Waals surface area (Å²) in [7, 11) is 0. The summed E-state index contributed by atoms with van der Waals surface area (Å²) < 4.78 is 6.83. The van der Waals surface area contributed by atoms with Crippen molar-refractivity contribution in [1.82, 2.24) is 15.1 Å². The van der Waals surface area contributed by atoms with E-state index in [0.717, 1.165) is 30.5 Å². The van der Waals surface area contributed by atoms with E-state index in [2.05, 4.69) is 15.7 Å². The molecule has 8 heteroatoms. The Morgan fingerprint density at radius 1 is 1.03 bits per heavy atom. The van der Waals surface area contributed by atoms with Crippen molar-refractivity contribution in [1.29, 1.82) is 0 Å². The molecule has 38 heavy (non-hydrogen) atoms. The zero-order chi connectivity index (χ0) is 26.5. The average Bonchev–Trinajstić information content (AvgIpc) is 3.68. The molecule has 3 aromatic carbocycles. The minimum absolute atomic E-state index is 0.0361. The number of carbonyl (C=O) groups is 2. The van der Waals surface area contributed by atoms with Gasteiger partial charge in [-0.2, -0.15) is 9.78 Å². The molecule has 1 heterocycles. The lowest BCUT2D eigenvalue weighted by Crippen LogP contribution is -2.32. The van der Waals surface area contributed by atoms with Gasteiger partial charge in [-0.3, -0.25) is 4.79 Å². The van der Waals surface area contributed by atoms with Gasteiger partial charge in [0.15, 0.2) is 0 Å². The third-order valence-corrected chi connectivity index (χ3v) is 6.42. The van der Waals surface area contributed by atoms with Gasteiger partial charge in [0, 0.05) is 35.3 Å². The Morgan fingerprint density at radius 2 is 1.79 bits per heavy atom. The van der Waals surface area contributed by atoms with Crippen molar-refractivity contribution in [2.24, 2.45) is 0 Å². The molecule has 0 spiro atoms. The number of rotatable bonds is 9. The molecule has 5 rings (SSSR count). The molecule has 0 unspecified atom stereocenters. The third kappa shape index (κ3) is 5.86. The van der Waals surface area contributed by atoms with Crippen molar-refractivity contribution in [2.75, 3.05) is 18.5 Å². The van der Waals surface area contributed by atoms with Crippen LogP contribution in [0.4, 0.5) is 10.5 Å². The quantitative estimate of drug-likeness (QED) is 0.272. The van der Waals surface area contributed by atoms with Gasteiger partial charge < -0.3 is 20.5 Å². The average molecular weight is 511 g/mol. The number of phenolic OH excluding ortho intramolecular Hbond substituents is 1. The molecule has 2 amide bonds. The second kappa shape index (κ2) is 11.2. The van der Waals surface area contributed by atoms with E-state index in [4.69, 9.17) is 4.74 Å². The summed E-state index contributed by atoms with van der Waals surface area (Å²) in [6.07, 6.45) is 2.74. The highest BCUT2D eigenvalue weighted by Crippen LogP contribution is 2.42. The SMILES string of the molecule is CCOc1ccc(C(=O)Nc2ccc(-c3cc(C4CC4)n(C(=O)NCCc4ccccc4)n3)c(O)c2)cc1. The van der Waals surface area contributed by atoms with E-state index in [0.29, 0.717) is 41.4 Å². The van der Waals surface area contributed by atoms with E-state index in [1.54, 1.807) is 36.4 Å². The fraction of sp³-hybridized carbons (Fsp3) is 0.233. The van der Waals surface area contributed by atoms with Gasteiger partial charge in [0.1, 0.15) is 11.5 Å². The standard InChI is InChI=1S/C30H30N4O4/c1-2-38-24-13-10-22(11-14-24)29(36)32-23-12-15-25(28(35)18-23)26-19-27(21-8-9-21)34(33-26)30(37)31-17-16-20-6-4-3-5-7-20/h3-7,10-15,18-19,21,35H,2,8-9,16-17H2,1H3,(H,31,37)(H,32,36). The fourth-order valence-electron chi connectivity index (χ4n) is 4.29. The zero-order valence-corrected chi connectivity index (χ0v) is 21.2. The molecular weight excluding hydrogens is 480 g/mol. The molecule has 0 aliphatic heterocycles. The van der Waals surface area contributed by atoms with Gasteiger partial charge in [-0.1, -0.05) is 30.3 Å². The molecule has 1 aliphatic rings. The van der Waals surface area contributed by atoms with Crippen molar-refractivity contribution in [3.8, 4) is 22.8 Å². The Balaban J connectivity index is 1.28. The molecule has 8 nitrogen and oxygen atoms in total. The highest BCUT2D eigenvalue weighted by molar-refractivity contribution is 6.04. The van der Waals surface area contributed by atoms with Crippen LogP contribution in [0.2, 0.25) is 0 Å². The first-order valence-electron chi connectivity index (χ1n) is 12.8. The number of hydrogen-bond acceptors (Lipinski definition) is 5. The first-order valence-corrected chi connectivity index (χ1v) is 12.8. The number of aromatic hydroxyl groups is 1. The molecule has 1 saturated carbocycles. The molecule has 1 aliphatic carbocycles. The number of nitrogens with one attached hydrogen (secondary N) is 2. The molecule has 4 aromatic rings. The number of aromatic nitrogens is 2. The molecule has 0 atom stereocenters. The Labute approximate surface area is 221 Å². The van der Waals surface area contributed by atoms with Crippen LogP contribution in [0.15, 0.2) is 78.9 Å². The van der Waals surface area contributed by atoms with Crippen molar-refractivity contribution in [3.05, 3.63) is 95.7 Å². The second-order valence-electron chi connectivity index (χ2n) is 9.25. The number of carbonyl (C=O) groups excluding carboxylic acids is 2. The van der Waals surface area contributed by atoms with Crippen LogP contribution in [-0.4, -0.2) is 40.0 Å². The van der Waals surface area contributed by atoms with Gasteiger partial charge in [0.25, 0.3) is 5.91 Å². The van der Waals surface area contributed by atoms with Crippen LogP contribution in [0.25, 0.3) is 11.3 Å². The summed E-state index contributed by atoms with van der Waals surface area (Å²) in [6.45, 7) is 2.95. The number of anilines is 1. The lowest BCUT2D eigenvalue weighted by Gasteiger charge is -2.09. The van der Waals surface area contributed by atoms with Gasteiger partial charge >= 0.3 is 6.03 Å². The highest BCUT2D eigenvalue weighted by Gasteiger charge is 2.30. The van der Waals surface area contributed by atoms with E-state index in [9.17, 15) is 14.7 Å². The van der Waals surface area contributed by atoms with Crippen LogP contribution in [0.1, 0.15) is 47.3 Å². The number of hydrogen-bond donors (Lipinski definition) is 3. The fourth-order valence-corrected chi connectivity index (χ4v) is 4.29. The monoisotopic (exact) mass is 510 g/mol. The van der Waals surface area contributed by atoms with Crippen LogP contribution in [-0.2, 0) is 6.42 Å². The Hall–Kier alpha value is -4.59. The Bertz CT molecular complexity index is 1430. The lowest BCUT2D eigenvalue weighted by molar-refractivity contribution is 0.102. The van der Waals surface area contributed by atoms with Gasteiger partial charge in [-0.25, -0.2) is 4.79 Å². The molecule has 194 valence electrons. The summed E-state index contributed by atoms with van der Waals surface area (Å²) >= 11 is 0. The zero-order valence-electron chi connectivity index (χ0n) is 21.2. The molecule has 3 N–H and O–H groups in total. The third-order valence-electron chi connectivity index (χ3n) is 6.42. The van der Waals surface area contributed by atoms with Crippen LogP contribution in [0.5, 0.6) is 11.5 Å². The normalized spacial score (nSPS) is 12.7. The van der Waals surface area contributed by atoms with Gasteiger partial charge in [-0.05, 0) is 74.2 Å². The summed E-state index contributed by atoms with van der Waals surface area (Å²) in [4.78, 5) is 25.6. The maximum absolute atomic E-state index is 13.0. The van der Waals surface area contributed by atoms with Crippen molar-refractivity contribution in [2.45, 2.75) is 32.1 Å². The molecule has 0 saturated heterocycles. The van der Waals surface area contributed by atoms with Crippen molar-refractivity contribution >= 4 is 17.6 Å². The first kappa shape index (κ1) is 25.1. The minimum Gasteiger partial charge on any atom is -0.507 e. The molecule has 1 fully saturated rings. The molecule has 0 bridgehead atoms. The largest absolute Gasteiger partial charge is 0.507 e. The topological polar surface area (TPSA) is 105 Å². The van der Waals surface area contributed by atoms with E-state index < -0.39 is 0 Å². The number of phenols is 1. The van der Waals surface area contributed by atoms with Gasteiger partial charge in [0.2, 0.25) is 0 Å². The second-order valence-corrected chi connectivity index (χ2v) is 9.25. The maximum Gasteiger partial charge on any atom is 0.342 e. The minimum atomic E-state index is -0.298. The maximum atomic E-state index is 13.0. The van der Waals surface area contributed by atoms with E-state index >= 15 is 0 Å². The Kier molecular flexibility index (Phi) is 7.40. The number of amides is 2. The molecule has 1 aromatic heterocycles. The predicted molar refractivity (Wildman–Crippen MR) is 146 cm³/mol. The van der Waals surface area contributed by atoms with Gasteiger partial charge in [-0.15, -0.1) is 0 Å². The van der Waals surface area contributed by atoms with Gasteiger partial charge in [0.05, 0.1) is 18.0 Å². The molecular formula is C30H30N4O4. The number of ether oxygens (including phenoxy) is 1. The summed E-state index contributed by atoms with van der Waals surface area (Å²) in [5, 5.41) is 21.1. The van der Waals surface area contributed by atoms with E-state index in [1.165, 1.54) is 10.7 Å². The summed E-state index contributed by atoms with van der Waals surface area (Å²) in [6, 6.07) is 23.3.